The summed E-state index contributed by atoms with van der Waals surface area (Å²) >= 11 is 1.84. The zero-order valence-corrected chi connectivity index (χ0v) is 15.9. The molecule has 0 aliphatic heterocycles. The van der Waals surface area contributed by atoms with Gasteiger partial charge in [0.2, 0.25) is 0 Å². The normalized spacial score (nSPS) is 11.8. The first-order valence-electron chi connectivity index (χ1n) is 6.18. The van der Waals surface area contributed by atoms with Gasteiger partial charge < -0.3 is 10.6 Å². The molecule has 0 heterocycles. The van der Waals surface area contributed by atoms with Crippen LogP contribution in [0, 0.1) is 0 Å². The Morgan fingerprint density at radius 3 is 2.47 bits per heavy atom. The molecule has 0 aromatic carbocycles. The summed E-state index contributed by atoms with van der Waals surface area (Å²) in [5.41, 5.74) is 0. The van der Waals surface area contributed by atoms with Crippen LogP contribution in [0.2, 0.25) is 0 Å². The van der Waals surface area contributed by atoms with E-state index >= 15 is 0 Å². The molecule has 0 saturated heterocycles. The molecule has 0 radical (unpaired) electrons. The van der Waals surface area contributed by atoms with E-state index in [9.17, 15) is 8.42 Å². The van der Waals surface area contributed by atoms with Gasteiger partial charge in [0.1, 0.15) is 9.84 Å². The highest BCUT2D eigenvalue weighted by molar-refractivity contribution is 14.0. The topological polar surface area (TPSA) is 70.6 Å². The summed E-state index contributed by atoms with van der Waals surface area (Å²) in [6, 6.07) is 0. The second kappa shape index (κ2) is 13.3. The number of aliphatic imine (C=N–C) groups is 1. The Kier molecular flexibility index (Phi) is 15.1. The van der Waals surface area contributed by atoms with Gasteiger partial charge in [0.05, 0.1) is 5.75 Å². The molecule has 5 nitrogen and oxygen atoms in total. The van der Waals surface area contributed by atoms with E-state index in [0.29, 0.717) is 12.5 Å². The lowest BCUT2D eigenvalue weighted by Gasteiger charge is -2.10. The maximum absolute atomic E-state index is 11.0. The van der Waals surface area contributed by atoms with Gasteiger partial charge >= 0.3 is 0 Å². The van der Waals surface area contributed by atoms with Crippen LogP contribution in [0.25, 0.3) is 0 Å². The maximum Gasteiger partial charge on any atom is 0.191 e. The van der Waals surface area contributed by atoms with Crippen molar-refractivity contribution in [3.63, 3.8) is 0 Å². The zero-order valence-electron chi connectivity index (χ0n) is 11.9. The Morgan fingerprint density at radius 2 is 1.95 bits per heavy atom. The molecule has 0 fully saturated rings. The molecule has 116 valence electrons. The fourth-order valence-corrected chi connectivity index (χ4v) is 2.21. The number of unbranched alkanes of at least 4 members (excludes halogenated alkanes) is 1. The van der Waals surface area contributed by atoms with Crippen molar-refractivity contribution in [2.45, 2.75) is 19.8 Å². The van der Waals surface area contributed by atoms with Crippen LogP contribution >= 0.6 is 35.7 Å². The van der Waals surface area contributed by atoms with E-state index in [1.807, 2.05) is 18.7 Å². The van der Waals surface area contributed by atoms with Gasteiger partial charge in [-0.15, -0.1) is 24.0 Å². The first-order valence-corrected chi connectivity index (χ1v) is 9.64. The minimum Gasteiger partial charge on any atom is -0.357 e. The van der Waals surface area contributed by atoms with Crippen molar-refractivity contribution < 1.29 is 8.42 Å². The first kappa shape index (κ1) is 21.6. The van der Waals surface area contributed by atoms with Crippen LogP contribution in [0.5, 0.6) is 0 Å². The van der Waals surface area contributed by atoms with Crippen molar-refractivity contribution in [1.29, 1.82) is 0 Å². The summed E-state index contributed by atoms with van der Waals surface area (Å²) in [7, 11) is -2.92. The van der Waals surface area contributed by atoms with Gasteiger partial charge in [0.15, 0.2) is 5.96 Å². The Morgan fingerprint density at radius 1 is 1.26 bits per heavy atom. The summed E-state index contributed by atoms with van der Waals surface area (Å²) in [4.78, 5) is 4.40. The summed E-state index contributed by atoms with van der Waals surface area (Å²) < 4.78 is 22.0. The van der Waals surface area contributed by atoms with Crippen molar-refractivity contribution in [3.05, 3.63) is 0 Å². The van der Waals surface area contributed by atoms with Crippen LogP contribution in [0.15, 0.2) is 4.99 Å². The van der Waals surface area contributed by atoms with E-state index < -0.39 is 9.84 Å². The molecule has 0 bridgehead atoms. The van der Waals surface area contributed by atoms with Crippen molar-refractivity contribution >= 4 is 51.5 Å². The number of sulfone groups is 1. The Bertz CT molecular complexity index is 335. The smallest absolute Gasteiger partial charge is 0.191 e. The predicted octanol–water partition coefficient (Wildman–Crippen LogP) is 1.35. The Labute approximate surface area is 138 Å². The highest BCUT2D eigenvalue weighted by Gasteiger charge is 2.02. The summed E-state index contributed by atoms with van der Waals surface area (Å²) in [5, 5.41) is 6.12. The number of nitrogens with one attached hydrogen (secondary N) is 2. The number of hydrogen-bond donors (Lipinski definition) is 2. The van der Waals surface area contributed by atoms with Crippen molar-refractivity contribution in [1.82, 2.24) is 10.6 Å². The van der Waals surface area contributed by atoms with E-state index in [-0.39, 0.29) is 29.7 Å². The predicted molar refractivity (Wildman–Crippen MR) is 96.7 cm³/mol. The molecule has 2 N–H and O–H groups in total. The number of thioether (sulfide) groups is 1. The third-order valence-corrected chi connectivity index (χ3v) is 3.78. The third-order valence-electron chi connectivity index (χ3n) is 2.14. The molecular weight excluding hydrogens is 397 g/mol. The molecule has 0 saturated carbocycles. The number of hydrogen-bond acceptors (Lipinski definition) is 4. The van der Waals surface area contributed by atoms with Gasteiger partial charge in [-0.3, -0.25) is 4.99 Å². The SMILES string of the molecule is CCNC(=NCCCCSC)NCCS(C)(=O)=O.I. The minimum atomic E-state index is -2.92. The largest absolute Gasteiger partial charge is 0.357 e. The van der Waals surface area contributed by atoms with E-state index in [1.165, 1.54) is 6.26 Å². The number of rotatable bonds is 9. The molecule has 19 heavy (non-hydrogen) atoms. The van der Waals surface area contributed by atoms with Crippen molar-refractivity contribution in [2.24, 2.45) is 4.99 Å². The fourth-order valence-electron chi connectivity index (χ4n) is 1.25. The first-order chi connectivity index (χ1) is 8.49. The zero-order chi connectivity index (χ0) is 13.9. The molecule has 0 aliphatic rings. The van der Waals surface area contributed by atoms with E-state index in [1.54, 1.807) is 0 Å². The highest BCUT2D eigenvalue weighted by atomic mass is 127. The molecule has 0 amide bonds. The van der Waals surface area contributed by atoms with Crippen molar-refractivity contribution in [2.75, 3.05) is 43.7 Å². The van der Waals surface area contributed by atoms with Crippen LogP contribution in [0.3, 0.4) is 0 Å². The Hall–Kier alpha value is 0.300. The van der Waals surface area contributed by atoms with Gasteiger partial charge in [0.25, 0.3) is 0 Å². The van der Waals surface area contributed by atoms with Gasteiger partial charge in [-0.25, -0.2) is 8.42 Å². The quantitative estimate of drug-likeness (QED) is 0.254. The van der Waals surface area contributed by atoms with E-state index in [2.05, 4.69) is 21.9 Å². The fraction of sp³-hybridized carbons (Fsp3) is 0.909. The minimum absolute atomic E-state index is 0. The number of nitrogens with zero attached hydrogens (tertiary/aromatic N) is 1. The molecule has 8 heteroatoms. The van der Waals surface area contributed by atoms with Crippen LogP contribution in [-0.4, -0.2) is 58.0 Å². The number of halogens is 1. The lowest BCUT2D eigenvalue weighted by atomic mass is 10.3. The van der Waals surface area contributed by atoms with Gasteiger partial charge in [-0.2, -0.15) is 11.8 Å². The molecule has 0 aliphatic carbocycles. The third kappa shape index (κ3) is 16.2. The average molecular weight is 423 g/mol. The van der Waals surface area contributed by atoms with Crippen LogP contribution in [-0.2, 0) is 9.84 Å². The number of guanidine groups is 1. The standard InChI is InChI=1S/C11H25N3O2S2.HI/c1-4-12-11(13-7-5-6-9-17-2)14-8-10-18(3,15)16;/h4-10H2,1-3H3,(H2,12,13,14);1H. The Balaban J connectivity index is 0. The molecule has 0 spiro atoms. The lowest BCUT2D eigenvalue weighted by molar-refractivity contribution is 0.600. The van der Waals surface area contributed by atoms with E-state index in [4.69, 9.17) is 0 Å². The van der Waals surface area contributed by atoms with E-state index in [0.717, 1.165) is 31.7 Å². The molecule has 0 atom stereocenters. The summed E-state index contributed by atoms with van der Waals surface area (Å²) in [6.07, 6.45) is 5.55. The molecule has 0 unspecified atom stereocenters. The molecule has 0 aromatic heterocycles. The summed E-state index contributed by atoms with van der Waals surface area (Å²) in [6.45, 7) is 3.93. The molecular formula is C11H26IN3O2S2. The van der Waals surface area contributed by atoms with Crippen LogP contribution in [0.4, 0.5) is 0 Å². The average Bonchev–Trinajstić information content (AvgIpc) is 2.27. The highest BCUT2D eigenvalue weighted by Crippen LogP contribution is 1.98. The maximum atomic E-state index is 11.0. The van der Waals surface area contributed by atoms with Crippen molar-refractivity contribution in [3.8, 4) is 0 Å². The summed E-state index contributed by atoms with van der Waals surface area (Å²) in [5.74, 6) is 1.99. The molecule has 0 aromatic rings. The van der Waals surface area contributed by atoms with Gasteiger partial charge in [-0.1, -0.05) is 0 Å². The van der Waals surface area contributed by atoms with Gasteiger partial charge in [-0.05, 0) is 31.8 Å². The lowest BCUT2D eigenvalue weighted by Crippen LogP contribution is -2.39. The monoisotopic (exact) mass is 423 g/mol. The second-order valence-electron chi connectivity index (χ2n) is 4.02. The van der Waals surface area contributed by atoms with Gasteiger partial charge in [0, 0.05) is 25.9 Å². The van der Waals surface area contributed by atoms with Crippen LogP contribution in [0.1, 0.15) is 19.8 Å². The molecule has 0 rings (SSSR count). The van der Waals surface area contributed by atoms with Crippen LogP contribution < -0.4 is 10.6 Å². The second-order valence-corrected chi connectivity index (χ2v) is 7.26.